The largest absolute Gasteiger partial charge is 0.479 e. The van der Waals surface area contributed by atoms with Crippen LogP contribution in [0.5, 0.6) is 0 Å². The van der Waals surface area contributed by atoms with Gasteiger partial charge >= 0.3 is 5.97 Å². The topological polar surface area (TPSA) is 46.5 Å². The summed E-state index contributed by atoms with van der Waals surface area (Å²) < 4.78 is 43.4. The van der Waals surface area contributed by atoms with Gasteiger partial charge in [0.25, 0.3) is 0 Å². The number of carboxylic acids is 1. The summed E-state index contributed by atoms with van der Waals surface area (Å²) in [6.07, 6.45) is -1.64. The second kappa shape index (κ2) is 4.98. The van der Waals surface area contributed by atoms with Gasteiger partial charge in [0, 0.05) is 18.2 Å². The lowest BCUT2D eigenvalue weighted by atomic mass is 10.1. The first-order valence-electron chi connectivity index (χ1n) is 4.46. The number of hydrogen-bond acceptors (Lipinski definition) is 2. The van der Waals surface area contributed by atoms with Gasteiger partial charge in [-0.2, -0.15) is 0 Å². The van der Waals surface area contributed by atoms with Gasteiger partial charge in [0.15, 0.2) is 17.7 Å². The molecule has 0 amide bonds. The molecule has 1 aromatic rings. The van der Waals surface area contributed by atoms with Gasteiger partial charge in [-0.1, -0.05) is 0 Å². The second-order valence-electron chi connectivity index (χ2n) is 2.96. The van der Waals surface area contributed by atoms with E-state index in [1.807, 2.05) is 0 Å². The molecule has 0 saturated heterocycles. The summed E-state index contributed by atoms with van der Waals surface area (Å²) >= 11 is 0. The highest BCUT2D eigenvalue weighted by atomic mass is 19.2. The van der Waals surface area contributed by atoms with E-state index in [0.29, 0.717) is 12.1 Å². The van der Waals surface area contributed by atoms with E-state index in [9.17, 15) is 18.0 Å². The third kappa shape index (κ3) is 2.52. The molecule has 0 aliphatic heterocycles. The van der Waals surface area contributed by atoms with Crippen LogP contribution in [0.2, 0.25) is 0 Å². The first-order valence-corrected chi connectivity index (χ1v) is 4.46. The SMILES string of the molecule is CCOC(C(=O)O)c1cc(F)c(F)cc1F. The molecule has 0 aromatic heterocycles. The van der Waals surface area contributed by atoms with Gasteiger partial charge in [-0.25, -0.2) is 18.0 Å². The zero-order valence-electron chi connectivity index (χ0n) is 8.34. The Hall–Kier alpha value is -1.56. The molecule has 0 saturated carbocycles. The minimum Gasteiger partial charge on any atom is -0.479 e. The fourth-order valence-corrected chi connectivity index (χ4v) is 1.20. The fraction of sp³-hybridized carbons (Fsp3) is 0.300. The predicted molar refractivity (Wildman–Crippen MR) is 48.3 cm³/mol. The highest BCUT2D eigenvalue weighted by Crippen LogP contribution is 2.23. The number of rotatable bonds is 4. The molecule has 0 fully saturated rings. The summed E-state index contributed by atoms with van der Waals surface area (Å²) in [5, 5.41) is 8.73. The van der Waals surface area contributed by atoms with Crippen LogP contribution in [0.4, 0.5) is 13.2 Å². The lowest BCUT2D eigenvalue weighted by Crippen LogP contribution is -2.17. The van der Waals surface area contributed by atoms with Crippen LogP contribution < -0.4 is 0 Å². The van der Waals surface area contributed by atoms with Crippen LogP contribution in [0.15, 0.2) is 12.1 Å². The number of hydrogen-bond donors (Lipinski definition) is 1. The van der Waals surface area contributed by atoms with Crippen LogP contribution in [-0.2, 0) is 9.53 Å². The number of carboxylic acid groups (broad SMARTS) is 1. The van der Waals surface area contributed by atoms with Gasteiger partial charge in [0.2, 0.25) is 0 Å². The molecule has 1 unspecified atom stereocenters. The molecule has 0 bridgehead atoms. The van der Waals surface area contributed by atoms with Gasteiger partial charge in [-0.05, 0) is 13.0 Å². The van der Waals surface area contributed by atoms with Crippen molar-refractivity contribution in [2.75, 3.05) is 6.61 Å². The van der Waals surface area contributed by atoms with Crippen molar-refractivity contribution in [1.29, 1.82) is 0 Å². The van der Waals surface area contributed by atoms with E-state index in [1.54, 1.807) is 0 Å². The zero-order chi connectivity index (χ0) is 12.3. The van der Waals surface area contributed by atoms with Crippen LogP contribution in [0.3, 0.4) is 0 Å². The molecule has 1 atom stereocenters. The average molecular weight is 234 g/mol. The maximum Gasteiger partial charge on any atom is 0.337 e. The maximum atomic E-state index is 13.2. The Bertz CT molecular complexity index is 407. The molecule has 1 N–H and O–H groups in total. The first kappa shape index (κ1) is 12.5. The van der Waals surface area contributed by atoms with Crippen molar-refractivity contribution in [3.8, 4) is 0 Å². The van der Waals surface area contributed by atoms with Crippen LogP contribution >= 0.6 is 0 Å². The van der Waals surface area contributed by atoms with Crippen molar-refractivity contribution in [3.05, 3.63) is 35.1 Å². The third-order valence-electron chi connectivity index (χ3n) is 1.88. The molecule has 1 rings (SSSR count). The van der Waals surface area contributed by atoms with Crippen LogP contribution in [-0.4, -0.2) is 17.7 Å². The van der Waals surface area contributed by atoms with E-state index >= 15 is 0 Å². The van der Waals surface area contributed by atoms with E-state index in [4.69, 9.17) is 9.84 Å². The van der Waals surface area contributed by atoms with Gasteiger partial charge in [-0.3, -0.25) is 0 Å². The summed E-state index contributed by atoms with van der Waals surface area (Å²) in [5.41, 5.74) is -0.534. The maximum absolute atomic E-state index is 13.2. The fourth-order valence-electron chi connectivity index (χ4n) is 1.20. The Morgan fingerprint density at radius 2 is 1.88 bits per heavy atom. The molecule has 0 spiro atoms. The Kier molecular flexibility index (Phi) is 3.89. The Morgan fingerprint density at radius 3 is 2.38 bits per heavy atom. The minimum atomic E-state index is -1.64. The smallest absolute Gasteiger partial charge is 0.337 e. The van der Waals surface area contributed by atoms with Gasteiger partial charge in [0.1, 0.15) is 5.82 Å². The highest BCUT2D eigenvalue weighted by molar-refractivity contribution is 5.74. The van der Waals surface area contributed by atoms with Crippen molar-refractivity contribution in [3.63, 3.8) is 0 Å². The van der Waals surface area contributed by atoms with E-state index in [-0.39, 0.29) is 6.61 Å². The number of carbonyl (C=O) groups is 1. The molecule has 16 heavy (non-hydrogen) atoms. The van der Waals surface area contributed by atoms with Gasteiger partial charge in [-0.15, -0.1) is 0 Å². The summed E-state index contributed by atoms with van der Waals surface area (Å²) in [6, 6.07) is 0.777. The van der Waals surface area contributed by atoms with Crippen LogP contribution in [0.25, 0.3) is 0 Å². The van der Waals surface area contributed by atoms with Crippen LogP contribution in [0, 0.1) is 17.5 Å². The lowest BCUT2D eigenvalue weighted by Gasteiger charge is -2.13. The van der Waals surface area contributed by atoms with E-state index in [0.717, 1.165) is 0 Å². The molecule has 0 radical (unpaired) electrons. The van der Waals surface area contributed by atoms with Gasteiger partial charge < -0.3 is 9.84 Å². The van der Waals surface area contributed by atoms with Crippen molar-refractivity contribution in [2.45, 2.75) is 13.0 Å². The molecule has 6 heteroatoms. The number of halogens is 3. The molecule has 88 valence electrons. The van der Waals surface area contributed by atoms with E-state index < -0.39 is 35.1 Å². The molecule has 0 heterocycles. The number of ether oxygens (including phenoxy) is 1. The predicted octanol–water partition coefficient (Wildman–Crippen LogP) is 2.27. The standard InChI is InChI=1S/C10H9F3O3/c1-2-16-9(10(14)15)5-3-7(12)8(13)4-6(5)11/h3-4,9H,2H2,1H3,(H,14,15). The Labute approximate surface area is 89.5 Å². The van der Waals surface area contributed by atoms with Crippen molar-refractivity contribution in [1.82, 2.24) is 0 Å². The average Bonchev–Trinajstić information content (AvgIpc) is 2.20. The molecule has 0 aliphatic rings. The molecule has 1 aromatic carbocycles. The number of benzene rings is 1. The lowest BCUT2D eigenvalue weighted by molar-refractivity contribution is -0.150. The highest BCUT2D eigenvalue weighted by Gasteiger charge is 2.25. The van der Waals surface area contributed by atoms with Crippen molar-refractivity contribution < 1.29 is 27.8 Å². The molecular formula is C10H9F3O3. The van der Waals surface area contributed by atoms with E-state index in [2.05, 4.69) is 0 Å². The zero-order valence-corrected chi connectivity index (χ0v) is 8.34. The Morgan fingerprint density at radius 1 is 1.31 bits per heavy atom. The van der Waals surface area contributed by atoms with Crippen molar-refractivity contribution in [2.24, 2.45) is 0 Å². The summed E-state index contributed by atoms with van der Waals surface area (Å²) in [5.74, 6) is -5.31. The summed E-state index contributed by atoms with van der Waals surface area (Å²) in [4.78, 5) is 10.7. The van der Waals surface area contributed by atoms with Gasteiger partial charge in [0.05, 0.1) is 0 Å². The van der Waals surface area contributed by atoms with Crippen molar-refractivity contribution >= 4 is 5.97 Å². The van der Waals surface area contributed by atoms with Crippen LogP contribution in [0.1, 0.15) is 18.6 Å². The molecular weight excluding hydrogens is 225 g/mol. The minimum absolute atomic E-state index is 0.00933. The monoisotopic (exact) mass is 234 g/mol. The summed E-state index contributed by atoms with van der Waals surface area (Å²) in [6.45, 7) is 1.52. The molecule has 0 aliphatic carbocycles. The first-order chi connectivity index (χ1) is 7.47. The Balaban J connectivity index is 3.18. The second-order valence-corrected chi connectivity index (χ2v) is 2.96. The molecule has 3 nitrogen and oxygen atoms in total. The quantitative estimate of drug-likeness (QED) is 0.813. The van der Waals surface area contributed by atoms with E-state index in [1.165, 1.54) is 6.92 Å². The number of aliphatic carboxylic acids is 1. The normalized spacial score (nSPS) is 12.5. The third-order valence-corrected chi connectivity index (χ3v) is 1.88. The summed E-state index contributed by atoms with van der Waals surface area (Å²) in [7, 11) is 0.